The van der Waals surface area contributed by atoms with Crippen molar-refractivity contribution in [2.75, 3.05) is 5.32 Å². The van der Waals surface area contributed by atoms with E-state index in [1.165, 1.54) is 6.20 Å². The smallest absolute Gasteiger partial charge is 0.227 e. The van der Waals surface area contributed by atoms with Gasteiger partial charge in [-0.1, -0.05) is 5.16 Å². The van der Waals surface area contributed by atoms with Crippen LogP contribution in [0.1, 0.15) is 18.6 Å². The maximum atomic E-state index is 11.2. The average Bonchev–Trinajstić information content (AvgIpc) is 2.80. The fraction of sp³-hybridized carbons (Fsp3) is 0.500. The van der Waals surface area contributed by atoms with E-state index in [1.54, 1.807) is 6.92 Å². The zero-order chi connectivity index (χ0) is 8.55. The van der Waals surface area contributed by atoms with Gasteiger partial charge in [-0.05, 0) is 19.8 Å². The topological polar surface area (TPSA) is 55.1 Å². The molecule has 1 aliphatic carbocycles. The first-order valence-electron chi connectivity index (χ1n) is 3.99. The fourth-order valence-electron chi connectivity index (χ4n) is 0.999. The van der Waals surface area contributed by atoms with Crippen LogP contribution in [0, 0.1) is 12.8 Å². The molecule has 1 aromatic rings. The van der Waals surface area contributed by atoms with Gasteiger partial charge in [-0.3, -0.25) is 4.79 Å². The molecule has 0 aromatic carbocycles. The monoisotopic (exact) mass is 166 g/mol. The molecule has 2 rings (SSSR count). The highest BCUT2D eigenvalue weighted by molar-refractivity contribution is 5.94. The first kappa shape index (κ1) is 7.34. The number of hydrogen-bond donors (Lipinski definition) is 1. The summed E-state index contributed by atoms with van der Waals surface area (Å²) in [6.45, 7) is 1.77. The molecule has 0 spiro atoms. The van der Waals surface area contributed by atoms with Gasteiger partial charge in [0.05, 0.1) is 6.20 Å². The summed E-state index contributed by atoms with van der Waals surface area (Å²) in [7, 11) is 0. The quantitative estimate of drug-likeness (QED) is 0.721. The molecule has 1 aromatic heterocycles. The first-order chi connectivity index (χ1) is 5.77. The van der Waals surface area contributed by atoms with Crippen LogP contribution in [0.2, 0.25) is 0 Å². The van der Waals surface area contributed by atoms with E-state index in [0.29, 0.717) is 11.4 Å². The summed E-state index contributed by atoms with van der Waals surface area (Å²) in [5, 5.41) is 6.32. The van der Waals surface area contributed by atoms with Gasteiger partial charge < -0.3 is 9.84 Å². The molecule has 0 bridgehead atoms. The molecule has 0 aliphatic heterocycles. The van der Waals surface area contributed by atoms with E-state index in [9.17, 15) is 4.79 Å². The van der Waals surface area contributed by atoms with Gasteiger partial charge in [-0.2, -0.15) is 0 Å². The Kier molecular flexibility index (Phi) is 1.60. The lowest BCUT2D eigenvalue weighted by Crippen LogP contribution is -2.13. The van der Waals surface area contributed by atoms with Crippen molar-refractivity contribution in [3.05, 3.63) is 12.0 Å². The molecular formula is C8H10N2O2. The molecule has 4 heteroatoms. The Morgan fingerprint density at radius 3 is 3.00 bits per heavy atom. The van der Waals surface area contributed by atoms with Crippen LogP contribution in [0.15, 0.2) is 10.7 Å². The van der Waals surface area contributed by atoms with E-state index in [0.717, 1.165) is 12.8 Å². The standard InChI is InChI=1S/C8H10N2O2/c1-5-7(4-9-12-5)10-8(11)6-2-3-6/h4,6H,2-3H2,1H3,(H,10,11). The summed E-state index contributed by atoms with van der Waals surface area (Å²) < 4.78 is 4.80. The number of hydrogen-bond acceptors (Lipinski definition) is 3. The molecule has 12 heavy (non-hydrogen) atoms. The summed E-state index contributed by atoms with van der Waals surface area (Å²) in [5.74, 6) is 0.963. The molecule has 0 saturated heterocycles. The third-order valence-corrected chi connectivity index (χ3v) is 1.96. The third-order valence-electron chi connectivity index (χ3n) is 1.96. The average molecular weight is 166 g/mol. The maximum absolute atomic E-state index is 11.2. The Morgan fingerprint density at radius 2 is 2.50 bits per heavy atom. The van der Waals surface area contributed by atoms with Crippen LogP contribution in [-0.4, -0.2) is 11.1 Å². The zero-order valence-corrected chi connectivity index (χ0v) is 6.83. The van der Waals surface area contributed by atoms with E-state index in [2.05, 4.69) is 10.5 Å². The molecule has 1 heterocycles. The molecule has 1 saturated carbocycles. The number of anilines is 1. The van der Waals surface area contributed by atoms with Crippen molar-refractivity contribution in [2.24, 2.45) is 5.92 Å². The minimum Gasteiger partial charge on any atom is -0.359 e. The number of aromatic nitrogens is 1. The highest BCUT2D eigenvalue weighted by Gasteiger charge is 2.30. The Labute approximate surface area is 69.9 Å². The summed E-state index contributed by atoms with van der Waals surface area (Å²) >= 11 is 0. The van der Waals surface area contributed by atoms with E-state index in [1.807, 2.05) is 0 Å². The van der Waals surface area contributed by atoms with Gasteiger partial charge in [0, 0.05) is 5.92 Å². The molecule has 1 amide bonds. The van der Waals surface area contributed by atoms with Gasteiger partial charge in [-0.15, -0.1) is 0 Å². The third kappa shape index (κ3) is 1.32. The fourth-order valence-corrected chi connectivity index (χ4v) is 0.999. The summed E-state index contributed by atoms with van der Waals surface area (Å²) in [4.78, 5) is 11.2. The Morgan fingerprint density at radius 1 is 1.75 bits per heavy atom. The van der Waals surface area contributed by atoms with Crippen molar-refractivity contribution in [2.45, 2.75) is 19.8 Å². The molecule has 1 aliphatic rings. The lowest BCUT2D eigenvalue weighted by atomic mass is 10.3. The van der Waals surface area contributed by atoms with Crippen LogP contribution in [-0.2, 0) is 4.79 Å². The summed E-state index contributed by atoms with van der Waals surface area (Å²) in [5.41, 5.74) is 0.687. The minimum absolute atomic E-state index is 0.0845. The van der Waals surface area contributed by atoms with E-state index in [-0.39, 0.29) is 11.8 Å². The van der Waals surface area contributed by atoms with Crippen molar-refractivity contribution in [3.63, 3.8) is 0 Å². The lowest BCUT2D eigenvalue weighted by molar-refractivity contribution is -0.117. The van der Waals surface area contributed by atoms with Gasteiger partial charge in [0.1, 0.15) is 5.69 Å². The van der Waals surface area contributed by atoms with E-state index >= 15 is 0 Å². The van der Waals surface area contributed by atoms with Gasteiger partial charge in [0.25, 0.3) is 0 Å². The normalized spacial score (nSPS) is 16.1. The van der Waals surface area contributed by atoms with Crippen molar-refractivity contribution < 1.29 is 9.32 Å². The highest BCUT2D eigenvalue weighted by Crippen LogP contribution is 2.30. The van der Waals surface area contributed by atoms with Crippen molar-refractivity contribution in [1.82, 2.24) is 5.16 Å². The van der Waals surface area contributed by atoms with Gasteiger partial charge in [0.2, 0.25) is 5.91 Å². The second-order valence-electron chi connectivity index (χ2n) is 3.06. The SMILES string of the molecule is Cc1oncc1NC(=O)C1CC1. The molecule has 1 N–H and O–H groups in total. The van der Waals surface area contributed by atoms with Crippen molar-refractivity contribution >= 4 is 11.6 Å². The van der Waals surface area contributed by atoms with E-state index in [4.69, 9.17) is 4.52 Å². The Balaban J connectivity index is 2.02. The molecule has 4 nitrogen and oxygen atoms in total. The second kappa shape index (κ2) is 2.62. The molecule has 1 fully saturated rings. The molecule has 0 unspecified atom stereocenters. The van der Waals surface area contributed by atoms with Gasteiger partial charge in [-0.25, -0.2) is 0 Å². The predicted molar refractivity (Wildman–Crippen MR) is 42.6 cm³/mol. The van der Waals surface area contributed by atoms with Crippen LogP contribution >= 0.6 is 0 Å². The van der Waals surface area contributed by atoms with Crippen LogP contribution in [0.4, 0.5) is 5.69 Å². The number of nitrogens with one attached hydrogen (secondary N) is 1. The van der Waals surface area contributed by atoms with E-state index < -0.39 is 0 Å². The summed E-state index contributed by atoms with van der Waals surface area (Å²) in [6.07, 6.45) is 3.54. The lowest BCUT2D eigenvalue weighted by Gasteiger charge is -1.99. The van der Waals surface area contributed by atoms with Crippen molar-refractivity contribution in [1.29, 1.82) is 0 Å². The first-order valence-corrected chi connectivity index (χ1v) is 3.99. The predicted octanol–water partition coefficient (Wildman–Crippen LogP) is 1.33. The van der Waals surface area contributed by atoms with Crippen LogP contribution in [0.5, 0.6) is 0 Å². The molecule has 64 valence electrons. The second-order valence-corrected chi connectivity index (χ2v) is 3.06. The minimum atomic E-state index is 0.0845. The van der Waals surface area contributed by atoms with Crippen molar-refractivity contribution in [3.8, 4) is 0 Å². The highest BCUT2D eigenvalue weighted by atomic mass is 16.5. The Bertz CT molecular complexity index is 302. The maximum Gasteiger partial charge on any atom is 0.227 e. The van der Waals surface area contributed by atoms with Gasteiger partial charge >= 0.3 is 0 Å². The number of nitrogens with zero attached hydrogens (tertiary/aromatic N) is 1. The summed E-state index contributed by atoms with van der Waals surface area (Å²) in [6, 6.07) is 0. The van der Waals surface area contributed by atoms with Crippen LogP contribution < -0.4 is 5.32 Å². The largest absolute Gasteiger partial charge is 0.359 e. The number of aryl methyl sites for hydroxylation is 1. The number of rotatable bonds is 2. The van der Waals surface area contributed by atoms with Gasteiger partial charge in [0.15, 0.2) is 5.76 Å². The molecule has 0 atom stereocenters. The number of amides is 1. The number of carbonyl (C=O) groups is 1. The van der Waals surface area contributed by atoms with Crippen LogP contribution in [0.25, 0.3) is 0 Å². The van der Waals surface area contributed by atoms with Crippen LogP contribution in [0.3, 0.4) is 0 Å². The molecular weight excluding hydrogens is 156 g/mol. The molecule has 0 radical (unpaired) electrons. The number of carbonyl (C=O) groups excluding carboxylic acids is 1. The Hall–Kier alpha value is -1.32. The zero-order valence-electron chi connectivity index (χ0n) is 6.83.